The van der Waals surface area contributed by atoms with E-state index in [4.69, 9.17) is 0 Å². The zero-order valence-corrected chi connectivity index (χ0v) is 15.7. The van der Waals surface area contributed by atoms with Crippen LogP contribution in [-0.4, -0.2) is 21.4 Å². The lowest BCUT2D eigenvalue weighted by molar-refractivity contribution is 0.0963. The van der Waals surface area contributed by atoms with Crippen LogP contribution in [0.4, 0.5) is 5.69 Å². The molecule has 27 heavy (non-hydrogen) atoms. The quantitative estimate of drug-likeness (QED) is 0.712. The highest BCUT2D eigenvalue weighted by atomic mass is 32.2. The third-order valence-corrected chi connectivity index (χ3v) is 5.89. The van der Waals surface area contributed by atoms with Crippen LogP contribution in [0.1, 0.15) is 15.9 Å². The first kappa shape index (κ1) is 18.7. The maximum absolute atomic E-state index is 13.4. The maximum atomic E-state index is 13.4. The summed E-state index contributed by atoms with van der Waals surface area (Å²) in [6.07, 6.45) is 0. The number of carbonyl (C=O) groups excluding carboxylic acids is 1. The van der Waals surface area contributed by atoms with Crippen LogP contribution in [0, 0.1) is 0 Å². The van der Waals surface area contributed by atoms with Gasteiger partial charge in [0.05, 0.1) is 17.1 Å². The van der Waals surface area contributed by atoms with Crippen molar-refractivity contribution < 1.29 is 13.2 Å². The Balaban J connectivity index is 2.06. The minimum absolute atomic E-state index is 0.0726. The van der Waals surface area contributed by atoms with Crippen LogP contribution in [-0.2, 0) is 16.6 Å². The summed E-state index contributed by atoms with van der Waals surface area (Å²) in [5.41, 5.74) is 1.73. The molecule has 0 aliphatic carbocycles. The molecule has 0 aliphatic rings. The molecule has 0 aromatic heterocycles. The van der Waals surface area contributed by atoms with Crippen molar-refractivity contribution in [1.29, 1.82) is 0 Å². The molecule has 1 amide bonds. The molecule has 0 bridgehead atoms. The summed E-state index contributed by atoms with van der Waals surface area (Å²) >= 11 is 0. The average Bonchev–Trinajstić information content (AvgIpc) is 2.72. The Bertz CT molecular complexity index is 1020. The summed E-state index contributed by atoms with van der Waals surface area (Å²) in [5, 5.41) is 2.51. The molecular formula is C21H20N2O3S. The topological polar surface area (TPSA) is 66.5 Å². The molecule has 0 fully saturated rings. The zero-order chi connectivity index (χ0) is 19.3. The Morgan fingerprint density at radius 3 is 2.15 bits per heavy atom. The third kappa shape index (κ3) is 4.17. The number of benzene rings is 3. The van der Waals surface area contributed by atoms with Crippen molar-refractivity contribution in [2.45, 2.75) is 11.4 Å². The number of para-hydroxylation sites is 1. The van der Waals surface area contributed by atoms with Gasteiger partial charge in [0.2, 0.25) is 0 Å². The van der Waals surface area contributed by atoms with Gasteiger partial charge in [-0.15, -0.1) is 0 Å². The normalized spacial score (nSPS) is 11.0. The van der Waals surface area contributed by atoms with Crippen LogP contribution in [0.3, 0.4) is 0 Å². The molecule has 0 atom stereocenters. The lowest BCUT2D eigenvalue weighted by Crippen LogP contribution is -2.31. The number of rotatable bonds is 6. The molecule has 3 aromatic carbocycles. The second-order valence-corrected chi connectivity index (χ2v) is 7.80. The average molecular weight is 380 g/mol. The van der Waals surface area contributed by atoms with Gasteiger partial charge in [-0.3, -0.25) is 9.10 Å². The number of hydrogen-bond acceptors (Lipinski definition) is 3. The monoisotopic (exact) mass is 380 g/mol. The first-order chi connectivity index (χ1) is 13.0. The lowest BCUT2D eigenvalue weighted by Gasteiger charge is -2.25. The van der Waals surface area contributed by atoms with Gasteiger partial charge >= 0.3 is 0 Å². The summed E-state index contributed by atoms with van der Waals surface area (Å²) in [7, 11) is -2.35. The molecule has 0 saturated carbocycles. The Morgan fingerprint density at radius 2 is 1.52 bits per heavy atom. The molecule has 6 heteroatoms. The van der Waals surface area contributed by atoms with Gasteiger partial charge < -0.3 is 5.32 Å². The number of nitrogens with one attached hydrogen (secondary N) is 1. The summed E-state index contributed by atoms with van der Waals surface area (Å²) in [6.45, 7) is 0.192. The molecule has 0 spiro atoms. The summed E-state index contributed by atoms with van der Waals surface area (Å²) in [4.78, 5) is 12.0. The van der Waals surface area contributed by atoms with E-state index < -0.39 is 10.0 Å². The van der Waals surface area contributed by atoms with E-state index in [1.807, 2.05) is 36.4 Å². The summed E-state index contributed by atoms with van der Waals surface area (Å²) in [6, 6.07) is 24.4. The van der Waals surface area contributed by atoms with Crippen LogP contribution in [0.5, 0.6) is 0 Å². The van der Waals surface area contributed by atoms with Gasteiger partial charge in [0.1, 0.15) is 0 Å². The maximum Gasteiger partial charge on any atom is 0.264 e. The van der Waals surface area contributed by atoms with Crippen molar-refractivity contribution in [3.8, 4) is 0 Å². The lowest BCUT2D eigenvalue weighted by atomic mass is 10.2. The Labute approximate surface area is 159 Å². The van der Waals surface area contributed by atoms with Crippen LogP contribution in [0.15, 0.2) is 89.8 Å². The molecule has 3 rings (SSSR count). The van der Waals surface area contributed by atoms with E-state index in [2.05, 4.69) is 5.32 Å². The predicted octanol–water partition coefficient (Wildman–Crippen LogP) is 3.44. The van der Waals surface area contributed by atoms with Gasteiger partial charge in [-0.2, -0.15) is 0 Å². The Hall–Kier alpha value is -3.12. The van der Waals surface area contributed by atoms with Gasteiger partial charge in [0.15, 0.2) is 0 Å². The van der Waals surface area contributed by atoms with E-state index in [1.54, 1.807) is 36.4 Å². The first-order valence-corrected chi connectivity index (χ1v) is 9.90. The molecule has 0 heterocycles. The van der Waals surface area contributed by atoms with Crippen molar-refractivity contribution in [2.24, 2.45) is 0 Å². The van der Waals surface area contributed by atoms with Gasteiger partial charge in [-0.1, -0.05) is 54.6 Å². The molecule has 138 valence electrons. The molecule has 0 saturated heterocycles. The number of anilines is 1. The Kier molecular flexibility index (Phi) is 5.57. The predicted molar refractivity (Wildman–Crippen MR) is 106 cm³/mol. The number of amides is 1. The SMILES string of the molecule is CNC(=O)c1cccc(S(=O)(=O)N(Cc2ccccc2)c2ccccc2)c1. The first-order valence-electron chi connectivity index (χ1n) is 8.46. The molecule has 1 N–H and O–H groups in total. The fourth-order valence-corrected chi connectivity index (χ4v) is 4.23. The van der Waals surface area contributed by atoms with E-state index in [-0.39, 0.29) is 17.3 Å². The van der Waals surface area contributed by atoms with Crippen LogP contribution in [0.25, 0.3) is 0 Å². The molecule has 0 unspecified atom stereocenters. The van der Waals surface area contributed by atoms with Crippen LogP contribution < -0.4 is 9.62 Å². The molecule has 5 nitrogen and oxygen atoms in total. The molecular weight excluding hydrogens is 360 g/mol. The molecule has 3 aromatic rings. The van der Waals surface area contributed by atoms with E-state index in [0.717, 1.165) is 5.56 Å². The number of sulfonamides is 1. The molecule has 0 aliphatic heterocycles. The van der Waals surface area contributed by atoms with E-state index in [9.17, 15) is 13.2 Å². The highest BCUT2D eigenvalue weighted by Crippen LogP contribution is 2.26. The fourth-order valence-electron chi connectivity index (χ4n) is 2.73. The molecule has 0 radical (unpaired) electrons. The van der Waals surface area contributed by atoms with Crippen molar-refractivity contribution in [1.82, 2.24) is 5.32 Å². The van der Waals surface area contributed by atoms with E-state index >= 15 is 0 Å². The Morgan fingerprint density at radius 1 is 0.889 bits per heavy atom. The van der Waals surface area contributed by atoms with Crippen LogP contribution >= 0.6 is 0 Å². The van der Waals surface area contributed by atoms with Gasteiger partial charge in [0, 0.05) is 12.6 Å². The zero-order valence-electron chi connectivity index (χ0n) is 14.9. The highest BCUT2D eigenvalue weighted by Gasteiger charge is 2.26. The third-order valence-electron chi connectivity index (χ3n) is 4.12. The van der Waals surface area contributed by atoms with Gasteiger partial charge in [-0.05, 0) is 35.9 Å². The van der Waals surface area contributed by atoms with E-state index in [0.29, 0.717) is 11.3 Å². The van der Waals surface area contributed by atoms with Crippen molar-refractivity contribution >= 4 is 21.6 Å². The summed E-state index contributed by atoms with van der Waals surface area (Å²) in [5.74, 6) is -0.332. The smallest absolute Gasteiger partial charge is 0.264 e. The number of hydrogen-bond donors (Lipinski definition) is 1. The second kappa shape index (κ2) is 8.05. The summed E-state index contributed by atoms with van der Waals surface area (Å²) < 4.78 is 28.1. The van der Waals surface area contributed by atoms with E-state index in [1.165, 1.54) is 23.5 Å². The van der Waals surface area contributed by atoms with Gasteiger partial charge in [-0.25, -0.2) is 8.42 Å². The second-order valence-electron chi connectivity index (χ2n) is 5.94. The van der Waals surface area contributed by atoms with Crippen molar-refractivity contribution in [2.75, 3.05) is 11.4 Å². The largest absolute Gasteiger partial charge is 0.355 e. The number of carbonyl (C=O) groups is 1. The highest BCUT2D eigenvalue weighted by molar-refractivity contribution is 7.92. The van der Waals surface area contributed by atoms with Gasteiger partial charge in [0.25, 0.3) is 15.9 Å². The van der Waals surface area contributed by atoms with Crippen LogP contribution in [0.2, 0.25) is 0 Å². The minimum atomic E-state index is -3.86. The van der Waals surface area contributed by atoms with Crippen molar-refractivity contribution in [3.63, 3.8) is 0 Å². The number of nitrogens with zero attached hydrogens (tertiary/aromatic N) is 1. The standard InChI is InChI=1S/C21H20N2O3S/c1-22-21(24)18-11-8-14-20(15-18)27(25,26)23(19-12-6-3-7-13-19)16-17-9-4-2-5-10-17/h2-15H,16H2,1H3,(H,22,24). The minimum Gasteiger partial charge on any atom is -0.355 e. The van der Waals surface area contributed by atoms with Crippen molar-refractivity contribution in [3.05, 3.63) is 96.1 Å². The fraction of sp³-hybridized carbons (Fsp3) is 0.0952.